The van der Waals surface area contributed by atoms with Gasteiger partial charge < -0.3 is 10.2 Å². The van der Waals surface area contributed by atoms with Crippen LogP contribution in [0.25, 0.3) is 0 Å². The van der Waals surface area contributed by atoms with Crippen LogP contribution in [-0.2, 0) is 0 Å². The minimum Gasteiger partial charge on any atom is -0.347 e. The largest absolute Gasteiger partial charge is 0.347 e. The van der Waals surface area contributed by atoms with Crippen molar-refractivity contribution in [2.24, 2.45) is 5.92 Å². The van der Waals surface area contributed by atoms with Gasteiger partial charge in [0.25, 0.3) is 4.82 Å². The van der Waals surface area contributed by atoms with Crippen molar-refractivity contribution < 1.29 is 4.79 Å². The third kappa shape index (κ3) is 4.62. The van der Waals surface area contributed by atoms with Gasteiger partial charge in [0.15, 0.2) is 0 Å². The minimum atomic E-state index is -0.0968. The smallest absolute Gasteiger partial charge is 0.287 e. The van der Waals surface area contributed by atoms with Crippen LogP contribution in [0.15, 0.2) is 0 Å². The van der Waals surface area contributed by atoms with Crippen LogP contribution in [0.2, 0.25) is 0 Å². The monoisotopic (exact) mass is 248 g/mol. The molecule has 1 saturated heterocycles. The van der Waals surface area contributed by atoms with Gasteiger partial charge in [-0.25, -0.2) is 0 Å². The Morgan fingerprint density at radius 1 is 1.54 bits per heavy atom. The molecule has 76 valence electrons. The predicted octanol–water partition coefficient (Wildman–Crippen LogP) is 1.82. The van der Waals surface area contributed by atoms with E-state index in [1.807, 2.05) is 0 Å². The Morgan fingerprint density at radius 3 is 2.69 bits per heavy atom. The third-order valence-corrected chi connectivity index (χ3v) is 2.94. The Balaban J connectivity index is 2.05. The lowest BCUT2D eigenvalue weighted by molar-refractivity contribution is 0.211. The van der Waals surface area contributed by atoms with E-state index in [0.29, 0.717) is 0 Å². The number of hydrogen-bond donors (Lipinski definition) is 1. The Bertz CT molecular complexity index is 167. The fourth-order valence-electron chi connectivity index (χ4n) is 1.73. The number of piperidine rings is 1. The number of carbonyl (C=O) groups excluding carboxylic acids is 1. The fraction of sp³-hybridized carbons (Fsp3) is 0.889. The number of nitrogens with zero attached hydrogens (tertiary/aromatic N) is 1. The molecule has 0 unspecified atom stereocenters. The lowest BCUT2D eigenvalue weighted by Gasteiger charge is -2.28. The summed E-state index contributed by atoms with van der Waals surface area (Å²) < 4.78 is 0. The highest BCUT2D eigenvalue weighted by atomic mass is 79.9. The summed E-state index contributed by atoms with van der Waals surface area (Å²) in [7, 11) is 2.16. The highest BCUT2D eigenvalue weighted by Gasteiger charge is 2.15. The Morgan fingerprint density at radius 2 is 2.15 bits per heavy atom. The second-order valence-corrected chi connectivity index (χ2v) is 4.46. The molecule has 0 radical (unpaired) electrons. The Kier molecular flexibility index (Phi) is 4.73. The van der Waals surface area contributed by atoms with Gasteiger partial charge in [0.2, 0.25) is 0 Å². The van der Waals surface area contributed by atoms with Crippen molar-refractivity contribution in [3.63, 3.8) is 0 Å². The number of nitrogens with one attached hydrogen (secondary N) is 1. The van der Waals surface area contributed by atoms with Crippen LogP contribution in [0.1, 0.15) is 19.3 Å². The molecule has 4 heteroatoms. The number of carbonyl (C=O) groups is 1. The van der Waals surface area contributed by atoms with Crippen molar-refractivity contribution in [3.05, 3.63) is 0 Å². The molecule has 13 heavy (non-hydrogen) atoms. The fourth-order valence-corrected chi connectivity index (χ4v) is 1.92. The molecule has 1 aliphatic rings. The lowest BCUT2D eigenvalue weighted by Crippen LogP contribution is -2.31. The number of likely N-dealkylation sites (tertiary alicyclic amines) is 1. The van der Waals surface area contributed by atoms with Crippen molar-refractivity contribution in [1.29, 1.82) is 0 Å². The summed E-state index contributed by atoms with van der Waals surface area (Å²) in [5.74, 6) is 0.801. The molecule has 1 rings (SSSR count). The summed E-state index contributed by atoms with van der Waals surface area (Å²) in [6.07, 6.45) is 3.66. The van der Waals surface area contributed by atoms with Gasteiger partial charge in [-0.05, 0) is 45.3 Å². The number of rotatable bonds is 3. The number of amides is 1. The number of hydrogen-bond acceptors (Lipinski definition) is 2. The van der Waals surface area contributed by atoms with Crippen LogP contribution in [0.3, 0.4) is 0 Å². The second-order valence-electron chi connectivity index (χ2n) is 3.74. The van der Waals surface area contributed by atoms with E-state index in [-0.39, 0.29) is 4.82 Å². The van der Waals surface area contributed by atoms with Crippen LogP contribution < -0.4 is 5.32 Å². The van der Waals surface area contributed by atoms with Gasteiger partial charge in [-0.2, -0.15) is 0 Å². The SMILES string of the molecule is CN1CCC(CCNC(=O)Br)CC1. The molecule has 3 nitrogen and oxygen atoms in total. The molecule has 0 spiro atoms. The van der Waals surface area contributed by atoms with Gasteiger partial charge in [-0.15, -0.1) is 0 Å². The van der Waals surface area contributed by atoms with Gasteiger partial charge in [-0.1, -0.05) is 0 Å². The topological polar surface area (TPSA) is 32.3 Å². The first kappa shape index (κ1) is 11.0. The molecule has 0 aromatic heterocycles. The predicted molar refractivity (Wildman–Crippen MR) is 57.2 cm³/mol. The number of halogens is 1. The van der Waals surface area contributed by atoms with Gasteiger partial charge in [0, 0.05) is 22.5 Å². The van der Waals surface area contributed by atoms with Crippen LogP contribution in [-0.4, -0.2) is 36.4 Å². The maximum absolute atomic E-state index is 10.5. The first-order valence-electron chi connectivity index (χ1n) is 4.80. The van der Waals surface area contributed by atoms with E-state index >= 15 is 0 Å². The molecule has 0 aromatic rings. The van der Waals surface area contributed by atoms with Crippen LogP contribution in [0.5, 0.6) is 0 Å². The normalized spacial score (nSPS) is 20.2. The summed E-state index contributed by atoms with van der Waals surface area (Å²) in [4.78, 5) is 12.8. The zero-order chi connectivity index (χ0) is 9.68. The zero-order valence-corrected chi connectivity index (χ0v) is 9.64. The van der Waals surface area contributed by atoms with Crippen LogP contribution >= 0.6 is 15.9 Å². The standard InChI is InChI=1S/C9H17BrN2O/c1-12-6-3-8(4-7-12)2-5-11-9(10)13/h8H,2-7H2,1H3,(H,11,13). The molecule has 1 fully saturated rings. The summed E-state index contributed by atoms with van der Waals surface area (Å²) in [5, 5.41) is 2.77. The molecule has 1 N–H and O–H groups in total. The van der Waals surface area contributed by atoms with E-state index in [1.165, 1.54) is 25.9 Å². The molecule has 0 atom stereocenters. The molecule has 0 aliphatic carbocycles. The molecule has 1 heterocycles. The quantitative estimate of drug-likeness (QED) is 0.611. The lowest BCUT2D eigenvalue weighted by atomic mass is 9.94. The molecular formula is C9H17BrN2O. The molecule has 0 bridgehead atoms. The van der Waals surface area contributed by atoms with Crippen LogP contribution in [0, 0.1) is 5.92 Å². The first-order valence-corrected chi connectivity index (χ1v) is 5.59. The molecule has 1 aliphatic heterocycles. The average Bonchev–Trinajstić information content (AvgIpc) is 2.08. The zero-order valence-electron chi connectivity index (χ0n) is 8.05. The van der Waals surface area contributed by atoms with Gasteiger partial charge >= 0.3 is 0 Å². The summed E-state index contributed by atoms with van der Waals surface area (Å²) in [6, 6.07) is 0. The van der Waals surface area contributed by atoms with Crippen molar-refractivity contribution in [2.45, 2.75) is 19.3 Å². The van der Waals surface area contributed by atoms with E-state index in [1.54, 1.807) is 0 Å². The average molecular weight is 249 g/mol. The second kappa shape index (κ2) is 5.60. The Labute approximate surface area is 88.0 Å². The van der Waals surface area contributed by atoms with Crippen molar-refractivity contribution in [2.75, 3.05) is 26.7 Å². The maximum atomic E-state index is 10.5. The van der Waals surface area contributed by atoms with Crippen molar-refractivity contribution >= 4 is 20.7 Å². The molecule has 0 aromatic carbocycles. The Hall–Kier alpha value is -0.0900. The van der Waals surface area contributed by atoms with E-state index in [9.17, 15) is 4.79 Å². The van der Waals surface area contributed by atoms with Crippen molar-refractivity contribution in [3.8, 4) is 0 Å². The third-order valence-electron chi connectivity index (χ3n) is 2.65. The highest BCUT2D eigenvalue weighted by Crippen LogP contribution is 2.18. The van der Waals surface area contributed by atoms with E-state index in [2.05, 4.69) is 33.2 Å². The maximum Gasteiger partial charge on any atom is 0.287 e. The van der Waals surface area contributed by atoms with Crippen LogP contribution in [0.4, 0.5) is 4.79 Å². The first-order chi connectivity index (χ1) is 6.18. The minimum absolute atomic E-state index is 0.0968. The van der Waals surface area contributed by atoms with E-state index in [4.69, 9.17) is 0 Å². The molecule has 1 amide bonds. The van der Waals surface area contributed by atoms with Gasteiger partial charge in [0.1, 0.15) is 0 Å². The molecule has 0 saturated carbocycles. The summed E-state index contributed by atoms with van der Waals surface area (Å²) >= 11 is 2.85. The van der Waals surface area contributed by atoms with Crippen molar-refractivity contribution in [1.82, 2.24) is 10.2 Å². The summed E-state index contributed by atoms with van der Waals surface area (Å²) in [5.41, 5.74) is 0. The highest BCUT2D eigenvalue weighted by molar-refractivity contribution is 9.18. The van der Waals surface area contributed by atoms with E-state index in [0.717, 1.165) is 18.9 Å². The summed E-state index contributed by atoms with van der Waals surface area (Å²) in [6.45, 7) is 3.21. The van der Waals surface area contributed by atoms with Gasteiger partial charge in [-0.3, -0.25) is 4.79 Å². The van der Waals surface area contributed by atoms with Gasteiger partial charge in [0.05, 0.1) is 0 Å². The van der Waals surface area contributed by atoms with E-state index < -0.39 is 0 Å². The molecular weight excluding hydrogens is 232 g/mol.